The van der Waals surface area contributed by atoms with Crippen molar-refractivity contribution in [1.29, 1.82) is 0 Å². The van der Waals surface area contributed by atoms with E-state index in [9.17, 15) is 14.9 Å². The number of nitro groups is 1. The number of nitrogens with zero attached hydrogens (tertiary/aromatic N) is 2. The highest BCUT2D eigenvalue weighted by molar-refractivity contribution is 7.98. The largest absolute Gasteiger partial charge is 0.477 e. The lowest BCUT2D eigenvalue weighted by Crippen LogP contribution is -2.19. The minimum absolute atomic E-state index is 0.0931. The number of aromatic carboxylic acids is 1. The van der Waals surface area contributed by atoms with Gasteiger partial charge in [-0.2, -0.15) is 11.8 Å². The number of aromatic nitrogens is 1. The van der Waals surface area contributed by atoms with Gasteiger partial charge in [-0.1, -0.05) is 0 Å². The number of carboxylic acid groups (broad SMARTS) is 1. The number of hydrogen-bond acceptors (Lipinski definition) is 6. The fraction of sp³-hybridized carbons (Fsp3) is 0.400. The fourth-order valence-electron chi connectivity index (χ4n) is 1.39. The van der Waals surface area contributed by atoms with Crippen LogP contribution in [0.15, 0.2) is 12.3 Å². The number of anilines is 1. The van der Waals surface area contributed by atoms with Gasteiger partial charge in [-0.25, -0.2) is 9.78 Å². The fourth-order valence-corrected chi connectivity index (χ4v) is 1.97. The molecular formula is C10H13N3O4S. The van der Waals surface area contributed by atoms with Crippen molar-refractivity contribution in [2.75, 3.05) is 17.3 Å². The zero-order valence-electron chi connectivity index (χ0n) is 9.91. The maximum Gasteiger partial charge on any atom is 0.342 e. The Morgan fingerprint density at radius 1 is 1.72 bits per heavy atom. The standard InChI is InChI=1S/C10H13N3O4S/c1-6(5-18-2)12-9-3-7(10(14)15)8(4-11-9)13(16)17/h3-4,6H,5H2,1-2H3,(H,11,12)(H,14,15). The number of carboxylic acids is 1. The molecule has 0 radical (unpaired) electrons. The lowest BCUT2D eigenvalue weighted by molar-refractivity contribution is -0.385. The number of nitrogens with one attached hydrogen (secondary N) is 1. The van der Waals surface area contributed by atoms with Gasteiger partial charge in [0.05, 0.1) is 4.92 Å². The Bertz CT molecular complexity index is 466. The molecule has 0 aliphatic rings. The Hall–Kier alpha value is -1.83. The highest BCUT2D eigenvalue weighted by atomic mass is 32.2. The van der Waals surface area contributed by atoms with Crippen LogP contribution in [0.3, 0.4) is 0 Å². The van der Waals surface area contributed by atoms with Crippen LogP contribution in [-0.2, 0) is 0 Å². The molecule has 1 aromatic heterocycles. The average molecular weight is 271 g/mol. The molecular weight excluding hydrogens is 258 g/mol. The summed E-state index contributed by atoms with van der Waals surface area (Å²) in [6, 6.07) is 1.27. The molecule has 1 heterocycles. The predicted octanol–water partition coefficient (Wildman–Crippen LogP) is 1.85. The minimum Gasteiger partial charge on any atom is -0.477 e. The second kappa shape index (κ2) is 6.20. The summed E-state index contributed by atoms with van der Waals surface area (Å²) in [7, 11) is 0. The molecule has 1 rings (SSSR count). The molecule has 0 aliphatic carbocycles. The lowest BCUT2D eigenvalue weighted by Gasteiger charge is -2.13. The molecule has 18 heavy (non-hydrogen) atoms. The van der Waals surface area contributed by atoms with E-state index in [4.69, 9.17) is 5.11 Å². The molecule has 0 amide bonds. The molecule has 98 valence electrons. The van der Waals surface area contributed by atoms with Crippen LogP contribution in [0.1, 0.15) is 17.3 Å². The van der Waals surface area contributed by atoms with Crippen molar-refractivity contribution in [3.05, 3.63) is 27.9 Å². The van der Waals surface area contributed by atoms with Gasteiger partial charge in [0, 0.05) is 17.9 Å². The molecule has 0 bridgehead atoms. The third kappa shape index (κ3) is 3.59. The maximum absolute atomic E-state index is 10.9. The Kier molecular flexibility index (Phi) is 4.90. The predicted molar refractivity (Wildman–Crippen MR) is 69.3 cm³/mol. The van der Waals surface area contributed by atoms with Crippen LogP contribution in [0, 0.1) is 10.1 Å². The molecule has 8 heteroatoms. The number of rotatable bonds is 6. The van der Waals surface area contributed by atoms with E-state index in [1.807, 2.05) is 13.2 Å². The molecule has 0 saturated carbocycles. The Morgan fingerprint density at radius 2 is 2.39 bits per heavy atom. The molecule has 0 aromatic carbocycles. The molecule has 0 aliphatic heterocycles. The Labute approximate surface area is 108 Å². The van der Waals surface area contributed by atoms with Crippen molar-refractivity contribution < 1.29 is 14.8 Å². The number of carbonyl (C=O) groups is 1. The van der Waals surface area contributed by atoms with E-state index >= 15 is 0 Å². The van der Waals surface area contributed by atoms with Crippen molar-refractivity contribution in [2.24, 2.45) is 0 Å². The van der Waals surface area contributed by atoms with E-state index in [1.54, 1.807) is 11.8 Å². The molecule has 0 spiro atoms. The van der Waals surface area contributed by atoms with Crippen LogP contribution >= 0.6 is 11.8 Å². The topological polar surface area (TPSA) is 105 Å². The highest BCUT2D eigenvalue weighted by Gasteiger charge is 2.21. The smallest absolute Gasteiger partial charge is 0.342 e. The van der Waals surface area contributed by atoms with E-state index < -0.39 is 16.6 Å². The zero-order valence-corrected chi connectivity index (χ0v) is 10.7. The van der Waals surface area contributed by atoms with Crippen LogP contribution in [-0.4, -0.2) is 39.0 Å². The first-order valence-corrected chi connectivity index (χ1v) is 6.48. The first-order chi connectivity index (χ1) is 8.45. The van der Waals surface area contributed by atoms with Gasteiger partial charge in [0.25, 0.3) is 0 Å². The lowest BCUT2D eigenvalue weighted by atomic mass is 10.2. The zero-order chi connectivity index (χ0) is 13.7. The van der Waals surface area contributed by atoms with Crippen LogP contribution in [0.2, 0.25) is 0 Å². The summed E-state index contributed by atoms with van der Waals surface area (Å²) in [5.74, 6) is -0.203. The first kappa shape index (κ1) is 14.2. The summed E-state index contributed by atoms with van der Waals surface area (Å²) in [5.41, 5.74) is -0.876. The van der Waals surface area contributed by atoms with Crippen molar-refractivity contribution >= 4 is 29.2 Å². The van der Waals surface area contributed by atoms with Crippen LogP contribution in [0.4, 0.5) is 11.5 Å². The number of hydrogen-bond donors (Lipinski definition) is 2. The molecule has 1 aromatic rings. The number of thioether (sulfide) groups is 1. The summed E-state index contributed by atoms with van der Waals surface area (Å²) in [5, 5.41) is 22.5. The number of pyridine rings is 1. The van der Waals surface area contributed by atoms with Gasteiger partial charge in [-0.15, -0.1) is 0 Å². The van der Waals surface area contributed by atoms with E-state index in [0.29, 0.717) is 5.82 Å². The van der Waals surface area contributed by atoms with Gasteiger partial charge in [0.1, 0.15) is 17.6 Å². The van der Waals surface area contributed by atoms with E-state index in [2.05, 4.69) is 10.3 Å². The quantitative estimate of drug-likeness (QED) is 0.600. The Morgan fingerprint density at radius 3 is 2.89 bits per heavy atom. The van der Waals surface area contributed by atoms with Crippen molar-refractivity contribution in [3.63, 3.8) is 0 Å². The van der Waals surface area contributed by atoms with Crippen molar-refractivity contribution in [1.82, 2.24) is 4.98 Å². The maximum atomic E-state index is 10.9. The second-order valence-corrected chi connectivity index (χ2v) is 4.56. The van der Waals surface area contributed by atoms with Crippen molar-refractivity contribution in [3.8, 4) is 0 Å². The third-order valence-corrected chi connectivity index (χ3v) is 2.95. The second-order valence-electron chi connectivity index (χ2n) is 3.65. The van der Waals surface area contributed by atoms with Gasteiger partial charge in [-0.3, -0.25) is 10.1 Å². The molecule has 0 saturated heterocycles. The Balaban J connectivity index is 3.00. The summed E-state index contributed by atoms with van der Waals surface area (Å²) >= 11 is 1.63. The van der Waals surface area contributed by atoms with Gasteiger partial charge in [-0.05, 0) is 13.2 Å². The van der Waals surface area contributed by atoms with Gasteiger partial charge in [0.2, 0.25) is 0 Å². The molecule has 2 N–H and O–H groups in total. The van der Waals surface area contributed by atoms with E-state index in [-0.39, 0.29) is 11.6 Å². The monoisotopic (exact) mass is 271 g/mol. The summed E-state index contributed by atoms with van der Waals surface area (Å²) in [4.78, 5) is 24.6. The molecule has 1 unspecified atom stereocenters. The highest BCUT2D eigenvalue weighted by Crippen LogP contribution is 2.20. The normalized spacial score (nSPS) is 11.9. The minimum atomic E-state index is -1.34. The SMILES string of the molecule is CSCC(C)Nc1cc(C(=O)O)c([N+](=O)[O-])cn1. The van der Waals surface area contributed by atoms with E-state index in [0.717, 1.165) is 11.9 Å². The van der Waals surface area contributed by atoms with Gasteiger partial charge >= 0.3 is 11.7 Å². The molecule has 7 nitrogen and oxygen atoms in total. The van der Waals surface area contributed by atoms with Crippen molar-refractivity contribution in [2.45, 2.75) is 13.0 Å². The van der Waals surface area contributed by atoms with Gasteiger partial charge < -0.3 is 10.4 Å². The molecule has 1 atom stereocenters. The van der Waals surface area contributed by atoms with E-state index in [1.165, 1.54) is 6.07 Å². The average Bonchev–Trinajstić information content (AvgIpc) is 2.28. The van der Waals surface area contributed by atoms with Crippen LogP contribution in [0.25, 0.3) is 0 Å². The third-order valence-electron chi connectivity index (χ3n) is 2.12. The summed E-state index contributed by atoms with van der Waals surface area (Å²) in [6.45, 7) is 1.92. The van der Waals surface area contributed by atoms with Crippen LogP contribution < -0.4 is 5.32 Å². The van der Waals surface area contributed by atoms with Crippen LogP contribution in [0.5, 0.6) is 0 Å². The first-order valence-electron chi connectivity index (χ1n) is 5.09. The van der Waals surface area contributed by atoms with Gasteiger partial charge in [0.15, 0.2) is 0 Å². The molecule has 0 fully saturated rings. The summed E-state index contributed by atoms with van der Waals surface area (Å²) < 4.78 is 0. The summed E-state index contributed by atoms with van der Waals surface area (Å²) in [6.07, 6.45) is 2.90.